The molecule has 0 bridgehead atoms. The third-order valence-corrected chi connectivity index (χ3v) is 7.41. The maximum Gasteiger partial charge on any atom is 0.271 e. The minimum Gasteiger partial charge on any atom is -0.497 e. The predicted octanol–water partition coefficient (Wildman–Crippen LogP) is 3.13. The molecule has 0 fully saturated rings. The van der Waals surface area contributed by atoms with Crippen LogP contribution in [0.1, 0.15) is 37.9 Å². The van der Waals surface area contributed by atoms with Crippen LogP contribution >= 0.6 is 11.3 Å². The van der Waals surface area contributed by atoms with Crippen molar-refractivity contribution >= 4 is 23.3 Å². The van der Waals surface area contributed by atoms with Crippen LogP contribution in [-0.2, 0) is 4.79 Å². The van der Waals surface area contributed by atoms with Crippen molar-refractivity contribution in [2.75, 3.05) is 34.4 Å². The summed E-state index contributed by atoms with van der Waals surface area (Å²) in [4.78, 5) is 34.7. The Morgan fingerprint density at radius 2 is 1.76 bits per heavy atom. The van der Waals surface area contributed by atoms with Gasteiger partial charge in [-0.3, -0.25) is 14.2 Å². The van der Waals surface area contributed by atoms with Gasteiger partial charge in [0.05, 0.1) is 37.1 Å². The summed E-state index contributed by atoms with van der Waals surface area (Å²) in [5.74, 6) is 1.68. The number of hydrogen-bond acceptors (Lipinski definition) is 7. The highest BCUT2D eigenvalue weighted by Crippen LogP contribution is 2.38. The molecule has 1 amide bonds. The first-order valence-corrected chi connectivity index (χ1v) is 12.9. The number of fused-ring (bicyclic) bond motifs is 1. The van der Waals surface area contributed by atoms with E-state index in [9.17, 15) is 9.59 Å². The zero-order chi connectivity index (χ0) is 26.7. The molecule has 0 radical (unpaired) electrons. The van der Waals surface area contributed by atoms with E-state index in [4.69, 9.17) is 19.2 Å². The van der Waals surface area contributed by atoms with Crippen molar-refractivity contribution in [2.24, 2.45) is 4.99 Å². The molecule has 0 N–H and O–H groups in total. The molecule has 0 spiro atoms. The largest absolute Gasteiger partial charge is 0.497 e. The van der Waals surface area contributed by atoms with Gasteiger partial charge in [0, 0.05) is 18.7 Å². The summed E-state index contributed by atoms with van der Waals surface area (Å²) >= 11 is 1.29. The van der Waals surface area contributed by atoms with E-state index in [1.807, 2.05) is 57.2 Å². The average Bonchev–Trinajstić information content (AvgIpc) is 3.22. The Hall–Kier alpha value is -3.85. The average molecular weight is 522 g/mol. The molecule has 1 aliphatic rings. The summed E-state index contributed by atoms with van der Waals surface area (Å²) in [5, 5.41) is 0. The zero-order valence-electron chi connectivity index (χ0n) is 21.9. The number of methoxy groups -OCH3 is 3. The summed E-state index contributed by atoms with van der Waals surface area (Å²) in [7, 11) is 4.75. The van der Waals surface area contributed by atoms with Gasteiger partial charge in [-0.15, -0.1) is 0 Å². The van der Waals surface area contributed by atoms with Crippen LogP contribution in [0.15, 0.2) is 63.5 Å². The van der Waals surface area contributed by atoms with E-state index in [1.54, 1.807) is 42.9 Å². The summed E-state index contributed by atoms with van der Waals surface area (Å²) in [6.45, 7) is 6.75. The summed E-state index contributed by atoms with van der Waals surface area (Å²) in [6.07, 6.45) is 1.82. The van der Waals surface area contributed by atoms with E-state index < -0.39 is 6.04 Å². The van der Waals surface area contributed by atoms with Crippen LogP contribution in [0.25, 0.3) is 6.08 Å². The van der Waals surface area contributed by atoms with Gasteiger partial charge in [-0.05, 0) is 62.7 Å². The number of likely N-dealkylation sites (N-methyl/N-ethyl adjacent to an activating group) is 1. The minimum absolute atomic E-state index is 0.164. The van der Waals surface area contributed by atoms with E-state index in [0.717, 1.165) is 5.56 Å². The second-order valence-electron chi connectivity index (χ2n) is 8.44. The standard InChI is InChI=1S/C28H31N3O5S/c1-7-30(8-2)27(33)24-17(3)29-28-31(25(24)21-16-20(35-5)12-13-22(21)36-6)26(32)23(37-28)15-18-10-9-11-19(14-18)34-4/h9-16,25H,7-8H2,1-6H3/b23-15+/t25-/m1/s1. The Bertz CT molecular complexity index is 1530. The maximum absolute atomic E-state index is 13.9. The van der Waals surface area contributed by atoms with Gasteiger partial charge < -0.3 is 19.1 Å². The lowest BCUT2D eigenvalue weighted by Gasteiger charge is -2.30. The molecule has 8 nitrogen and oxygen atoms in total. The lowest BCUT2D eigenvalue weighted by Crippen LogP contribution is -2.43. The highest BCUT2D eigenvalue weighted by atomic mass is 32.1. The third kappa shape index (κ3) is 4.91. The fourth-order valence-corrected chi connectivity index (χ4v) is 5.55. The topological polar surface area (TPSA) is 82.4 Å². The fraction of sp³-hybridized carbons (Fsp3) is 0.321. The third-order valence-electron chi connectivity index (χ3n) is 6.43. The molecular formula is C28H31N3O5S. The van der Waals surface area contributed by atoms with Crippen molar-refractivity contribution in [2.45, 2.75) is 26.8 Å². The molecule has 194 valence electrons. The van der Waals surface area contributed by atoms with Gasteiger partial charge in [0.1, 0.15) is 23.3 Å². The molecule has 2 heterocycles. The number of carbonyl (C=O) groups excluding carboxylic acids is 1. The molecule has 4 rings (SSSR count). The van der Waals surface area contributed by atoms with Crippen LogP contribution in [0.4, 0.5) is 0 Å². The lowest BCUT2D eigenvalue weighted by atomic mass is 9.93. The minimum atomic E-state index is -0.734. The molecule has 0 saturated carbocycles. The SMILES string of the molecule is CCN(CC)C(=O)C1=C(C)N=c2s/c(=C/c3cccc(OC)c3)c(=O)n2[C@@H]1c1cc(OC)ccc1OC. The van der Waals surface area contributed by atoms with E-state index in [-0.39, 0.29) is 11.5 Å². The van der Waals surface area contributed by atoms with Crippen molar-refractivity contribution in [1.29, 1.82) is 0 Å². The number of ether oxygens (including phenoxy) is 3. The highest BCUT2D eigenvalue weighted by Gasteiger charge is 2.36. The number of nitrogens with zero attached hydrogens (tertiary/aromatic N) is 3. The van der Waals surface area contributed by atoms with E-state index in [1.165, 1.54) is 11.3 Å². The number of rotatable bonds is 8. The van der Waals surface area contributed by atoms with Crippen LogP contribution in [0, 0.1) is 0 Å². The Kier molecular flexibility index (Phi) is 7.83. The van der Waals surface area contributed by atoms with Crippen molar-refractivity contribution in [3.8, 4) is 17.2 Å². The van der Waals surface area contributed by atoms with Crippen molar-refractivity contribution < 1.29 is 19.0 Å². The van der Waals surface area contributed by atoms with Crippen molar-refractivity contribution in [1.82, 2.24) is 9.47 Å². The number of amides is 1. The van der Waals surface area contributed by atoms with E-state index in [0.29, 0.717) is 56.5 Å². The molecule has 1 aromatic heterocycles. The van der Waals surface area contributed by atoms with Gasteiger partial charge in [0.15, 0.2) is 4.80 Å². The number of aromatic nitrogens is 1. The number of thiazole rings is 1. The monoisotopic (exact) mass is 521 g/mol. The first-order chi connectivity index (χ1) is 17.9. The molecule has 1 aliphatic heterocycles. The second kappa shape index (κ2) is 11.0. The molecule has 0 unspecified atom stereocenters. The van der Waals surface area contributed by atoms with Gasteiger partial charge in [0.2, 0.25) is 0 Å². The fourth-order valence-electron chi connectivity index (χ4n) is 4.51. The van der Waals surface area contributed by atoms with Crippen molar-refractivity contribution in [3.05, 3.63) is 84.5 Å². The van der Waals surface area contributed by atoms with Crippen LogP contribution in [-0.4, -0.2) is 49.8 Å². The normalized spacial score (nSPS) is 15.2. The summed E-state index contributed by atoms with van der Waals surface area (Å²) < 4.78 is 18.6. The highest BCUT2D eigenvalue weighted by molar-refractivity contribution is 7.07. The Balaban J connectivity index is 2.02. The van der Waals surface area contributed by atoms with Gasteiger partial charge in [-0.25, -0.2) is 4.99 Å². The van der Waals surface area contributed by atoms with Crippen molar-refractivity contribution in [3.63, 3.8) is 0 Å². The number of benzene rings is 2. The number of carbonyl (C=O) groups is 1. The van der Waals surface area contributed by atoms with Gasteiger partial charge in [0.25, 0.3) is 11.5 Å². The van der Waals surface area contributed by atoms with Crippen LogP contribution in [0.3, 0.4) is 0 Å². The van der Waals surface area contributed by atoms with Gasteiger partial charge in [-0.1, -0.05) is 23.5 Å². The van der Waals surface area contributed by atoms with Crippen LogP contribution in [0.5, 0.6) is 17.2 Å². The predicted molar refractivity (Wildman–Crippen MR) is 144 cm³/mol. The van der Waals surface area contributed by atoms with Crippen LogP contribution in [0.2, 0.25) is 0 Å². The molecule has 2 aromatic carbocycles. The molecule has 9 heteroatoms. The first-order valence-electron chi connectivity index (χ1n) is 12.0. The van der Waals surface area contributed by atoms with Gasteiger partial charge in [-0.2, -0.15) is 0 Å². The zero-order valence-corrected chi connectivity index (χ0v) is 22.7. The second-order valence-corrected chi connectivity index (χ2v) is 9.45. The Morgan fingerprint density at radius 1 is 1.05 bits per heavy atom. The summed E-state index contributed by atoms with van der Waals surface area (Å²) in [6, 6.07) is 12.1. The molecule has 0 aliphatic carbocycles. The molecular weight excluding hydrogens is 490 g/mol. The molecule has 37 heavy (non-hydrogen) atoms. The maximum atomic E-state index is 13.9. The quantitative estimate of drug-likeness (QED) is 0.455. The molecule has 1 atom stereocenters. The number of hydrogen-bond donors (Lipinski definition) is 0. The van der Waals surface area contributed by atoms with E-state index in [2.05, 4.69) is 0 Å². The molecule has 0 saturated heterocycles. The first kappa shape index (κ1) is 26.2. The van der Waals surface area contributed by atoms with Crippen LogP contribution < -0.4 is 29.1 Å². The summed E-state index contributed by atoms with van der Waals surface area (Å²) in [5.41, 5.74) is 2.26. The Morgan fingerprint density at radius 3 is 2.41 bits per heavy atom. The number of allylic oxidation sites excluding steroid dienone is 1. The lowest BCUT2D eigenvalue weighted by molar-refractivity contribution is -0.127. The smallest absolute Gasteiger partial charge is 0.271 e. The Labute approximate surface area is 219 Å². The van der Waals surface area contributed by atoms with Gasteiger partial charge >= 0.3 is 0 Å². The van der Waals surface area contributed by atoms with E-state index >= 15 is 0 Å². The molecule has 3 aromatic rings.